The molecular weight excluding hydrogens is 348 g/mol. The van der Waals surface area contributed by atoms with E-state index < -0.39 is 6.10 Å². The average Bonchev–Trinajstić information content (AvgIpc) is 2.92. The summed E-state index contributed by atoms with van der Waals surface area (Å²) < 4.78 is 2.09. The molecule has 5 heteroatoms. The van der Waals surface area contributed by atoms with Gasteiger partial charge in [0.1, 0.15) is 11.9 Å². The van der Waals surface area contributed by atoms with Gasteiger partial charge in [-0.05, 0) is 68.9 Å². The largest absolute Gasteiger partial charge is 0.386 e. The first-order chi connectivity index (χ1) is 13.6. The second-order valence-electron chi connectivity index (χ2n) is 8.51. The van der Waals surface area contributed by atoms with Crippen molar-refractivity contribution in [3.05, 3.63) is 52.8 Å². The maximum absolute atomic E-state index is 10.6. The number of benzene rings is 1. The van der Waals surface area contributed by atoms with Gasteiger partial charge in [0.05, 0.1) is 23.4 Å². The number of aliphatic hydroxyl groups excluding tert-OH is 1. The Morgan fingerprint density at radius 3 is 2.71 bits per heavy atom. The molecule has 0 radical (unpaired) electrons. The molecule has 1 aliphatic heterocycles. The highest BCUT2D eigenvalue weighted by molar-refractivity contribution is 5.84. The lowest BCUT2D eigenvalue weighted by Gasteiger charge is -2.29. The van der Waals surface area contributed by atoms with E-state index in [9.17, 15) is 5.11 Å². The van der Waals surface area contributed by atoms with Crippen LogP contribution in [0.5, 0.6) is 0 Å². The van der Waals surface area contributed by atoms with E-state index in [4.69, 9.17) is 10.1 Å². The van der Waals surface area contributed by atoms with Gasteiger partial charge in [-0.2, -0.15) is 5.10 Å². The van der Waals surface area contributed by atoms with Crippen LogP contribution in [-0.4, -0.2) is 26.4 Å². The zero-order valence-electron chi connectivity index (χ0n) is 16.7. The third kappa shape index (κ3) is 3.08. The first kappa shape index (κ1) is 17.7. The summed E-state index contributed by atoms with van der Waals surface area (Å²) in [5.74, 6) is 1.42. The van der Waals surface area contributed by atoms with Crippen molar-refractivity contribution in [2.45, 2.75) is 58.7 Å². The minimum absolute atomic E-state index is 0.392. The summed E-state index contributed by atoms with van der Waals surface area (Å²) in [6.07, 6.45) is 4.09. The fraction of sp³-hybridized carbons (Fsp3) is 0.478. The van der Waals surface area contributed by atoms with Gasteiger partial charge in [-0.3, -0.25) is 4.68 Å². The molecule has 1 atom stereocenters. The van der Waals surface area contributed by atoms with Crippen molar-refractivity contribution >= 4 is 16.7 Å². The van der Waals surface area contributed by atoms with Crippen LogP contribution < -0.4 is 4.90 Å². The molecule has 5 nitrogen and oxygen atoms in total. The third-order valence-electron chi connectivity index (χ3n) is 6.41. The summed E-state index contributed by atoms with van der Waals surface area (Å²) >= 11 is 0. The summed E-state index contributed by atoms with van der Waals surface area (Å²) in [5, 5.41) is 16.6. The fourth-order valence-electron chi connectivity index (χ4n) is 4.47. The topological polar surface area (TPSA) is 54.2 Å². The number of aliphatic hydroxyl groups is 1. The minimum atomic E-state index is -0.411. The van der Waals surface area contributed by atoms with Gasteiger partial charge < -0.3 is 10.0 Å². The van der Waals surface area contributed by atoms with Crippen molar-refractivity contribution in [2.24, 2.45) is 5.92 Å². The Morgan fingerprint density at radius 1 is 1.07 bits per heavy atom. The van der Waals surface area contributed by atoms with Crippen molar-refractivity contribution in [3.8, 4) is 0 Å². The van der Waals surface area contributed by atoms with E-state index >= 15 is 0 Å². The molecule has 3 heterocycles. The molecule has 1 fully saturated rings. The molecule has 0 amide bonds. The van der Waals surface area contributed by atoms with Crippen LogP contribution in [0.2, 0.25) is 0 Å². The fourth-order valence-corrected chi connectivity index (χ4v) is 4.47. The summed E-state index contributed by atoms with van der Waals surface area (Å²) in [7, 11) is 0. The van der Waals surface area contributed by atoms with E-state index in [1.807, 2.05) is 0 Å². The number of nitrogens with zero attached hydrogens (tertiary/aromatic N) is 4. The van der Waals surface area contributed by atoms with Crippen molar-refractivity contribution in [1.82, 2.24) is 14.8 Å². The maximum atomic E-state index is 10.6. The van der Waals surface area contributed by atoms with E-state index in [0.717, 1.165) is 55.9 Å². The SMILES string of the molecule is Cc1ccc2nc(N3CCCn4nc(C(O)C5CCC5)cc4C3)cc(C)c2c1. The molecule has 5 rings (SSSR count). The Bertz CT molecular complexity index is 1020. The van der Waals surface area contributed by atoms with Crippen LogP contribution in [-0.2, 0) is 13.1 Å². The number of aryl methyl sites for hydroxylation is 3. The van der Waals surface area contributed by atoms with Gasteiger partial charge in [-0.15, -0.1) is 0 Å². The van der Waals surface area contributed by atoms with Gasteiger partial charge in [-0.1, -0.05) is 18.1 Å². The van der Waals surface area contributed by atoms with E-state index in [1.54, 1.807) is 0 Å². The van der Waals surface area contributed by atoms with Crippen LogP contribution in [0.15, 0.2) is 30.3 Å². The lowest BCUT2D eigenvalue weighted by atomic mass is 9.80. The molecule has 3 aromatic rings. The van der Waals surface area contributed by atoms with Crippen molar-refractivity contribution in [3.63, 3.8) is 0 Å². The number of fused-ring (bicyclic) bond motifs is 2. The molecule has 0 bridgehead atoms. The first-order valence-electron chi connectivity index (χ1n) is 10.5. The van der Waals surface area contributed by atoms with Gasteiger partial charge in [0.25, 0.3) is 0 Å². The van der Waals surface area contributed by atoms with Crippen LogP contribution in [0, 0.1) is 19.8 Å². The van der Waals surface area contributed by atoms with Crippen LogP contribution in [0.4, 0.5) is 5.82 Å². The minimum Gasteiger partial charge on any atom is -0.386 e. The Balaban J connectivity index is 1.45. The highest BCUT2D eigenvalue weighted by Crippen LogP contribution is 2.37. The molecule has 1 unspecified atom stereocenters. The quantitative estimate of drug-likeness (QED) is 0.741. The molecule has 1 aromatic carbocycles. The van der Waals surface area contributed by atoms with Crippen LogP contribution >= 0.6 is 0 Å². The molecule has 146 valence electrons. The standard InChI is InChI=1S/C23H28N4O/c1-15-7-8-20-19(11-15)16(2)12-22(24-20)26-9-4-10-27-18(14-26)13-21(25-27)23(28)17-5-3-6-17/h7-8,11-13,17,23,28H,3-6,9-10,14H2,1-2H3. The molecule has 1 aliphatic carbocycles. The van der Waals surface area contributed by atoms with E-state index in [0.29, 0.717) is 5.92 Å². The normalized spacial score (nSPS) is 18.6. The monoisotopic (exact) mass is 376 g/mol. The van der Waals surface area contributed by atoms with E-state index in [1.165, 1.54) is 28.6 Å². The van der Waals surface area contributed by atoms with Crippen LogP contribution in [0.25, 0.3) is 10.9 Å². The molecular formula is C23H28N4O. The van der Waals surface area contributed by atoms with Gasteiger partial charge in [-0.25, -0.2) is 4.98 Å². The van der Waals surface area contributed by atoms with Gasteiger partial charge in [0.15, 0.2) is 0 Å². The second kappa shape index (κ2) is 6.89. The molecule has 1 saturated carbocycles. The van der Waals surface area contributed by atoms with Crippen LogP contribution in [0.3, 0.4) is 0 Å². The van der Waals surface area contributed by atoms with E-state index in [-0.39, 0.29) is 0 Å². The lowest BCUT2D eigenvalue weighted by Crippen LogP contribution is -2.24. The summed E-state index contributed by atoms with van der Waals surface area (Å²) in [4.78, 5) is 7.31. The summed E-state index contributed by atoms with van der Waals surface area (Å²) in [6, 6.07) is 10.8. The van der Waals surface area contributed by atoms with Gasteiger partial charge in [0.2, 0.25) is 0 Å². The van der Waals surface area contributed by atoms with Crippen molar-refractivity contribution in [2.75, 3.05) is 11.4 Å². The Kier molecular flexibility index (Phi) is 4.35. The smallest absolute Gasteiger partial charge is 0.129 e. The zero-order valence-corrected chi connectivity index (χ0v) is 16.7. The van der Waals surface area contributed by atoms with Crippen molar-refractivity contribution in [1.29, 1.82) is 0 Å². The predicted octanol–water partition coefficient (Wildman–Crippen LogP) is 4.29. The Hall–Kier alpha value is -2.40. The third-order valence-corrected chi connectivity index (χ3v) is 6.41. The Labute approximate surface area is 166 Å². The molecule has 1 N–H and O–H groups in total. The number of hydrogen-bond donors (Lipinski definition) is 1. The average molecular weight is 377 g/mol. The number of rotatable bonds is 3. The molecule has 2 aliphatic rings. The molecule has 2 aromatic heterocycles. The van der Waals surface area contributed by atoms with Gasteiger partial charge in [0, 0.05) is 18.5 Å². The lowest BCUT2D eigenvalue weighted by molar-refractivity contribution is 0.0581. The second-order valence-corrected chi connectivity index (χ2v) is 8.51. The highest BCUT2D eigenvalue weighted by Gasteiger charge is 2.30. The molecule has 0 spiro atoms. The number of anilines is 1. The number of aromatic nitrogens is 3. The van der Waals surface area contributed by atoms with Crippen molar-refractivity contribution < 1.29 is 5.11 Å². The molecule has 0 saturated heterocycles. The molecule has 28 heavy (non-hydrogen) atoms. The van der Waals surface area contributed by atoms with Crippen LogP contribution in [0.1, 0.15) is 54.3 Å². The predicted molar refractivity (Wildman–Crippen MR) is 111 cm³/mol. The number of hydrogen-bond acceptors (Lipinski definition) is 4. The number of pyridine rings is 1. The van der Waals surface area contributed by atoms with Gasteiger partial charge >= 0.3 is 0 Å². The first-order valence-corrected chi connectivity index (χ1v) is 10.5. The highest BCUT2D eigenvalue weighted by atomic mass is 16.3. The van der Waals surface area contributed by atoms with E-state index in [2.05, 4.69) is 53.8 Å². The summed E-state index contributed by atoms with van der Waals surface area (Å²) in [5.41, 5.74) is 5.61. The zero-order chi connectivity index (χ0) is 19.3. The summed E-state index contributed by atoms with van der Waals surface area (Å²) in [6.45, 7) is 6.94. The Morgan fingerprint density at radius 2 is 1.93 bits per heavy atom. The maximum Gasteiger partial charge on any atom is 0.129 e.